The van der Waals surface area contributed by atoms with Crippen LogP contribution in [-0.4, -0.2) is 65.5 Å². The number of likely N-dealkylation sites (tertiary alicyclic amines) is 1. The average Bonchev–Trinajstić information content (AvgIpc) is 3.52. The van der Waals surface area contributed by atoms with E-state index >= 15 is 4.79 Å². The van der Waals surface area contributed by atoms with Gasteiger partial charge in [-0.25, -0.2) is 4.90 Å². The number of carbonyl (C=O) groups is 5. The van der Waals surface area contributed by atoms with Gasteiger partial charge in [-0.1, -0.05) is 71.8 Å². The Morgan fingerprint density at radius 3 is 2.31 bits per heavy atom. The predicted molar refractivity (Wildman–Crippen MR) is 191 cm³/mol. The van der Waals surface area contributed by atoms with Crippen LogP contribution in [0.25, 0.3) is 6.08 Å². The highest BCUT2D eigenvalue weighted by Crippen LogP contribution is 2.62. The van der Waals surface area contributed by atoms with Crippen LogP contribution in [0.1, 0.15) is 36.8 Å². The number of ether oxygens (including phenoxy) is 2. The summed E-state index contributed by atoms with van der Waals surface area (Å²) >= 11 is 6.37. The molecule has 268 valence electrons. The lowest BCUT2D eigenvalue weighted by molar-refractivity contribution is -0.142. The van der Waals surface area contributed by atoms with Gasteiger partial charge >= 0.3 is 5.97 Å². The predicted octanol–water partition coefficient (Wildman–Crippen LogP) is 5.64. The molecule has 0 radical (unpaired) electrons. The van der Waals surface area contributed by atoms with Crippen LogP contribution in [0.3, 0.4) is 0 Å². The van der Waals surface area contributed by atoms with Crippen molar-refractivity contribution in [1.29, 1.82) is 0 Å². The Morgan fingerprint density at radius 1 is 0.942 bits per heavy atom. The molecule has 2 N–H and O–H groups in total. The molecule has 2 saturated heterocycles. The van der Waals surface area contributed by atoms with E-state index in [1.165, 1.54) is 24.0 Å². The minimum Gasteiger partial charge on any atom is -0.502 e. The number of carboxylic acid groups (broad SMARTS) is 1. The van der Waals surface area contributed by atoms with Crippen molar-refractivity contribution in [3.05, 3.63) is 101 Å². The number of phenolic OH excluding ortho intramolecular Hbond substituents is 1. The number of rotatable bonds is 10. The second-order valence-corrected chi connectivity index (χ2v) is 14.0. The number of fused-ring (bicyclic) bond motifs is 4. The SMILES string of the molecule is COc1cc(C=CC2C3=CCC4C(=O)N(CCCC(=O)O)C(=O)C4C3CC3C(=O)N(c4cccc(Cl)c4)C(=O)C23c2ccccc2)cc(OC)c1O. The Labute approximate surface area is 305 Å². The Hall–Kier alpha value is -5.42. The van der Waals surface area contributed by atoms with E-state index in [9.17, 15) is 29.4 Å². The van der Waals surface area contributed by atoms with E-state index in [2.05, 4.69) is 0 Å². The Kier molecular flexibility index (Phi) is 9.16. The van der Waals surface area contributed by atoms with E-state index in [4.69, 9.17) is 21.1 Å². The maximum atomic E-state index is 15.2. The highest BCUT2D eigenvalue weighted by atomic mass is 35.5. The van der Waals surface area contributed by atoms with E-state index < -0.39 is 52.8 Å². The van der Waals surface area contributed by atoms with Gasteiger partial charge in [-0.05, 0) is 66.6 Å². The molecule has 6 atom stereocenters. The Morgan fingerprint density at radius 2 is 1.65 bits per heavy atom. The van der Waals surface area contributed by atoms with Crippen molar-refractivity contribution in [3.8, 4) is 17.2 Å². The van der Waals surface area contributed by atoms with Crippen LogP contribution < -0.4 is 14.4 Å². The summed E-state index contributed by atoms with van der Waals surface area (Å²) in [6.45, 7) is -0.00971. The molecule has 6 unspecified atom stereocenters. The van der Waals surface area contributed by atoms with Crippen LogP contribution >= 0.6 is 11.6 Å². The molecule has 0 aromatic heterocycles. The Balaban J connectivity index is 1.41. The first kappa shape index (κ1) is 35.0. The van der Waals surface area contributed by atoms with Gasteiger partial charge in [-0.2, -0.15) is 0 Å². The van der Waals surface area contributed by atoms with E-state index in [0.717, 1.165) is 5.57 Å². The fraction of sp³-hybridized carbons (Fsp3) is 0.325. The second kappa shape index (κ2) is 13.6. The third-order valence-corrected chi connectivity index (χ3v) is 11.3. The summed E-state index contributed by atoms with van der Waals surface area (Å²) in [5.74, 6) is -6.12. The van der Waals surface area contributed by atoms with Gasteiger partial charge in [0.1, 0.15) is 0 Å². The molecule has 0 bridgehead atoms. The smallest absolute Gasteiger partial charge is 0.303 e. The molecular formula is C40H37ClN2O9. The van der Waals surface area contributed by atoms with Gasteiger partial charge in [0, 0.05) is 23.9 Å². The fourth-order valence-electron chi connectivity index (χ4n) is 8.88. The molecule has 2 aliphatic carbocycles. The maximum absolute atomic E-state index is 15.2. The van der Waals surface area contributed by atoms with Gasteiger partial charge in [0.05, 0.1) is 43.1 Å². The van der Waals surface area contributed by atoms with Gasteiger partial charge in [-0.15, -0.1) is 0 Å². The zero-order chi connectivity index (χ0) is 36.9. The van der Waals surface area contributed by atoms with Crippen molar-refractivity contribution in [1.82, 2.24) is 4.90 Å². The van der Waals surface area contributed by atoms with Crippen LogP contribution in [0.15, 0.2) is 84.5 Å². The van der Waals surface area contributed by atoms with Crippen LogP contribution in [0.2, 0.25) is 5.02 Å². The zero-order valence-electron chi connectivity index (χ0n) is 28.5. The Bertz CT molecular complexity index is 2020. The van der Waals surface area contributed by atoms with E-state index in [1.807, 2.05) is 42.5 Å². The molecule has 4 aliphatic rings. The largest absolute Gasteiger partial charge is 0.502 e. The van der Waals surface area contributed by atoms with Crippen molar-refractivity contribution in [2.45, 2.75) is 31.1 Å². The summed E-state index contributed by atoms with van der Waals surface area (Å²) in [5, 5.41) is 20.1. The van der Waals surface area contributed by atoms with Crippen molar-refractivity contribution in [2.24, 2.45) is 29.6 Å². The zero-order valence-corrected chi connectivity index (χ0v) is 29.3. The van der Waals surface area contributed by atoms with E-state index in [0.29, 0.717) is 21.8 Å². The normalized spacial score (nSPS) is 26.7. The summed E-state index contributed by atoms with van der Waals surface area (Å²) in [5.41, 5.74) is 0.879. The van der Waals surface area contributed by atoms with Gasteiger partial charge < -0.3 is 19.7 Å². The number of anilines is 1. The number of aliphatic carboxylic acids is 1. The first-order valence-corrected chi connectivity index (χ1v) is 17.5. The molecule has 7 rings (SSSR count). The number of halogens is 1. The number of nitrogens with zero attached hydrogens (tertiary/aromatic N) is 2. The summed E-state index contributed by atoms with van der Waals surface area (Å²) in [7, 11) is 2.84. The number of phenols is 1. The quantitative estimate of drug-likeness (QED) is 0.200. The van der Waals surface area contributed by atoms with Crippen LogP contribution in [0.5, 0.6) is 17.2 Å². The van der Waals surface area contributed by atoms with Gasteiger partial charge in [0.15, 0.2) is 11.5 Å². The molecule has 52 heavy (non-hydrogen) atoms. The second-order valence-electron chi connectivity index (χ2n) is 13.6. The van der Waals surface area contributed by atoms with Gasteiger partial charge in [0.25, 0.3) is 0 Å². The summed E-state index contributed by atoms with van der Waals surface area (Å²) < 4.78 is 10.8. The number of benzene rings is 3. The standard InChI is InChI=1S/C40H37ClN2O9/c1-51-31-18-22(19-32(52-2)35(31)46)13-16-29-26-14-15-27-34(38(49)42(36(27)47)17-7-12-33(44)45)28(26)21-30-37(48)43(25-11-6-10-24(41)20-25)39(50)40(29,30)23-8-4-3-5-9-23/h3-6,8-11,13-14,16,18-20,27-30,34,46H,7,12,15,17,21H2,1-2H3,(H,44,45). The fourth-order valence-corrected chi connectivity index (χ4v) is 9.07. The third kappa shape index (κ3) is 5.46. The van der Waals surface area contributed by atoms with Crippen molar-refractivity contribution in [3.63, 3.8) is 0 Å². The number of imide groups is 2. The van der Waals surface area contributed by atoms with Crippen LogP contribution in [-0.2, 0) is 29.4 Å². The van der Waals surface area contributed by atoms with E-state index in [-0.39, 0.29) is 61.3 Å². The molecule has 4 amide bonds. The first-order chi connectivity index (χ1) is 25.0. The summed E-state index contributed by atoms with van der Waals surface area (Å²) in [6.07, 6.45) is 5.92. The molecule has 3 aromatic rings. The number of methoxy groups -OCH3 is 2. The molecule has 2 heterocycles. The van der Waals surface area contributed by atoms with Crippen LogP contribution in [0.4, 0.5) is 5.69 Å². The van der Waals surface area contributed by atoms with Crippen molar-refractivity contribution in [2.75, 3.05) is 25.7 Å². The molecule has 3 aromatic carbocycles. The lowest BCUT2D eigenvalue weighted by atomic mass is 9.50. The van der Waals surface area contributed by atoms with Crippen LogP contribution in [0, 0.1) is 29.6 Å². The van der Waals surface area contributed by atoms with Gasteiger partial charge in [0.2, 0.25) is 29.4 Å². The highest BCUT2D eigenvalue weighted by Gasteiger charge is 2.69. The number of hydrogen-bond acceptors (Lipinski definition) is 8. The monoisotopic (exact) mass is 724 g/mol. The molecule has 0 spiro atoms. The number of allylic oxidation sites excluding steroid dienone is 3. The lowest BCUT2D eigenvalue weighted by Gasteiger charge is -2.49. The molecule has 11 nitrogen and oxygen atoms in total. The van der Waals surface area contributed by atoms with Crippen molar-refractivity contribution >= 4 is 53.0 Å². The number of carboxylic acids is 1. The number of carbonyl (C=O) groups excluding carboxylic acids is 4. The summed E-state index contributed by atoms with van der Waals surface area (Å²) in [4.78, 5) is 71.4. The summed E-state index contributed by atoms with van der Waals surface area (Å²) in [6, 6.07) is 19.0. The lowest BCUT2D eigenvalue weighted by Crippen LogP contribution is -2.54. The first-order valence-electron chi connectivity index (χ1n) is 17.1. The number of aromatic hydroxyl groups is 1. The number of amides is 4. The molecule has 12 heteroatoms. The van der Waals surface area contributed by atoms with Gasteiger partial charge in [-0.3, -0.25) is 28.9 Å². The molecular weight excluding hydrogens is 688 g/mol. The highest BCUT2D eigenvalue weighted by molar-refractivity contribution is 6.32. The average molecular weight is 725 g/mol. The molecule has 3 fully saturated rings. The number of hydrogen-bond donors (Lipinski definition) is 2. The molecule has 2 aliphatic heterocycles. The minimum atomic E-state index is -1.44. The third-order valence-electron chi connectivity index (χ3n) is 11.1. The maximum Gasteiger partial charge on any atom is 0.303 e. The topological polar surface area (TPSA) is 151 Å². The minimum absolute atomic E-state index is 0.00971. The van der Waals surface area contributed by atoms with Crippen molar-refractivity contribution < 1.29 is 43.7 Å². The van der Waals surface area contributed by atoms with E-state index in [1.54, 1.807) is 42.5 Å². The molecule has 1 saturated carbocycles.